The maximum atomic E-state index is 3.42. The Morgan fingerprint density at radius 2 is 1.50 bits per heavy atom. The summed E-state index contributed by atoms with van der Waals surface area (Å²) in [6, 6.07) is 20.9. The van der Waals surface area contributed by atoms with E-state index >= 15 is 0 Å². The van der Waals surface area contributed by atoms with Crippen molar-refractivity contribution in [1.29, 1.82) is 0 Å². The molecule has 2 rings (SSSR count). The summed E-state index contributed by atoms with van der Waals surface area (Å²) in [5, 5.41) is 3.42. The van der Waals surface area contributed by atoms with Crippen molar-refractivity contribution in [2.24, 2.45) is 0 Å². The van der Waals surface area contributed by atoms with Crippen molar-refractivity contribution >= 4 is 5.69 Å². The number of nitrogens with zero attached hydrogens (tertiary/aromatic N) is 1. The van der Waals surface area contributed by atoms with Crippen molar-refractivity contribution in [3.8, 4) is 0 Å². The van der Waals surface area contributed by atoms with Gasteiger partial charge in [0.05, 0.1) is 0 Å². The van der Waals surface area contributed by atoms with Crippen LogP contribution in [-0.2, 0) is 6.54 Å². The Hall–Kier alpha value is -1.80. The second kappa shape index (κ2) is 6.82. The number of para-hydroxylation sites is 1. The minimum atomic E-state index is 0.966. The first-order valence-corrected chi connectivity index (χ1v) is 6.36. The number of hydrogen-bond donors (Lipinski definition) is 1. The normalized spacial score (nSPS) is 10.6. The molecule has 2 aromatic carbocycles. The molecule has 2 nitrogen and oxygen atoms in total. The smallest absolute Gasteiger partial charge is 0.0340 e. The molecule has 2 heteroatoms. The van der Waals surface area contributed by atoms with E-state index in [9.17, 15) is 0 Å². The summed E-state index contributed by atoms with van der Waals surface area (Å²) in [5.74, 6) is 0. The number of nitrogens with one attached hydrogen (secondary N) is 1. The Morgan fingerprint density at radius 1 is 0.889 bits per heavy atom. The molecule has 0 fully saturated rings. The van der Waals surface area contributed by atoms with E-state index in [1.165, 1.54) is 11.3 Å². The molecule has 0 bridgehead atoms. The average Bonchev–Trinajstić information content (AvgIpc) is 2.41. The minimum Gasteiger partial charge on any atom is -0.384 e. The largest absolute Gasteiger partial charge is 0.384 e. The molecule has 2 aromatic rings. The first kappa shape index (κ1) is 12.7. The van der Waals surface area contributed by atoms with Crippen LogP contribution in [0.1, 0.15) is 5.56 Å². The Labute approximate surface area is 109 Å². The lowest BCUT2D eigenvalue weighted by Crippen LogP contribution is -2.24. The van der Waals surface area contributed by atoms with Gasteiger partial charge in [0.25, 0.3) is 0 Å². The molecule has 0 saturated heterocycles. The Balaban J connectivity index is 1.71. The third-order valence-electron chi connectivity index (χ3n) is 2.89. The number of anilines is 1. The predicted octanol–water partition coefficient (Wildman–Crippen LogP) is 3.23. The quantitative estimate of drug-likeness (QED) is 0.834. The van der Waals surface area contributed by atoms with Crippen LogP contribution >= 0.6 is 0 Å². The summed E-state index contributed by atoms with van der Waals surface area (Å²) in [4.78, 5) is 2.32. The molecule has 0 aromatic heterocycles. The van der Waals surface area contributed by atoms with Crippen LogP contribution in [-0.4, -0.2) is 25.0 Å². The van der Waals surface area contributed by atoms with E-state index in [1.807, 2.05) is 6.07 Å². The van der Waals surface area contributed by atoms with Gasteiger partial charge < -0.3 is 10.2 Å². The van der Waals surface area contributed by atoms with Crippen LogP contribution in [0.25, 0.3) is 0 Å². The molecule has 18 heavy (non-hydrogen) atoms. The van der Waals surface area contributed by atoms with Crippen LogP contribution in [0.3, 0.4) is 0 Å². The summed E-state index contributed by atoms with van der Waals surface area (Å²) in [5.41, 5.74) is 2.55. The zero-order valence-corrected chi connectivity index (χ0v) is 10.8. The zero-order chi connectivity index (χ0) is 12.6. The second-order valence-corrected chi connectivity index (χ2v) is 4.52. The van der Waals surface area contributed by atoms with Crippen molar-refractivity contribution in [2.75, 3.05) is 25.5 Å². The predicted molar refractivity (Wildman–Crippen MR) is 77.7 cm³/mol. The summed E-state index contributed by atoms with van der Waals surface area (Å²) in [6.07, 6.45) is 0. The van der Waals surface area contributed by atoms with Crippen molar-refractivity contribution in [2.45, 2.75) is 6.54 Å². The van der Waals surface area contributed by atoms with Gasteiger partial charge in [-0.2, -0.15) is 0 Å². The van der Waals surface area contributed by atoms with Gasteiger partial charge in [-0.25, -0.2) is 0 Å². The van der Waals surface area contributed by atoms with E-state index in [4.69, 9.17) is 0 Å². The van der Waals surface area contributed by atoms with Gasteiger partial charge in [0.1, 0.15) is 0 Å². The highest BCUT2D eigenvalue weighted by Crippen LogP contribution is 2.05. The van der Waals surface area contributed by atoms with Crippen LogP contribution in [0.4, 0.5) is 5.69 Å². The Morgan fingerprint density at radius 3 is 2.17 bits per heavy atom. The molecule has 0 spiro atoms. The lowest BCUT2D eigenvalue weighted by atomic mass is 10.2. The van der Waals surface area contributed by atoms with Crippen LogP contribution < -0.4 is 5.32 Å². The molecule has 1 N–H and O–H groups in total. The number of rotatable bonds is 6. The molecule has 94 valence electrons. The van der Waals surface area contributed by atoms with E-state index in [2.05, 4.69) is 71.9 Å². The summed E-state index contributed by atoms with van der Waals surface area (Å²) in [6.45, 7) is 2.99. The molecular formula is C16H20N2. The third kappa shape index (κ3) is 4.22. The van der Waals surface area contributed by atoms with Crippen LogP contribution in [0.5, 0.6) is 0 Å². The lowest BCUT2D eigenvalue weighted by molar-refractivity contribution is 0.340. The summed E-state index contributed by atoms with van der Waals surface area (Å²) >= 11 is 0. The molecule has 0 heterocycles. The summed E-state index contributed by atoms with van der Waals surface area (Å²) < 4.78 is 0. The van der Waals surface area contributed by atoms with E-state index in [1.54, 1.807) is 0 Å². The fourth-order valence-electron chi connectivity index (χ4n) is 1.92. The first-order valence-electron chi connectivity index (χ1n) is 6.36. The van der Waals surface area contributed by atoms with Crippen molar-refractivity contribution in [1.82, 2.24) is 4.90 Å². The average molecular weight is 240 g/mol. The van der Waals surface area contributed by atoms with Gasteiger partial charge in [0.15, 0.2) is 0 Å². The molecule has 0 radical (unpaired) electrons. The maximum Gasteiger partial charge on any atom is 0.0340 e. The molecule has 0 atom stereocenters. The minimum absolute atomic E-state index is 0.966. The molecule has 0 aliphatic rings. The van der Waals surface area contributed by atoms with Crippen LogP contribution in [0.2, 0.25) is 0 Å². The van der Waals surface area contributed by atoms with Crippen LogP contribution in [0, 0.1) is 0 Å². The van der Waals surface area contributed by atoms with Crippen molar-refractivity contribution in [3.05, 3.63) is 66.2 Å². The molecular weight excluding hydrogens is 220 g/mol. The number of benzene rings is 2. The Kier molecular flexibility index (Phi) is 4.79. The monoisotopic (exact) mass is 240 g/mol. The zero-order valence-electron chi connectivity index (χ0n) is 10.8. The first-order chi connectivity index (χ1) is 8.84. The lowest BCUT2D eigenvalue weighted by Gasteiger charge is -2.17. The van der Waals surface area contributed by atoms with E-state index < -0.39 is 0 Å². The number of hydrogen-bond acceptors (Lipinski definition) is 2. The van der Waals surface area contributed by atoms with Gasteiger partial charge in [0.2, 0.25) is 0 Å². The SMILES string of the molecule is CN(CCNc1ccccc1)Cc1ccccc1. The highest BCUT2D eigenvalue weighted by Gasteiger charge is 1.99. The van der Waals surface area contributed by atoms with Gasteiger partial charge in [0, 0.05) is 25.3 Å². The van der Waals surface area contributed by atoms with Crippen molar-refractivity contribution in [3.63, 3.8) is 0 Å². The number of likely N-dealkylation sites (N-methyl/N-ethyl adjacent to an activating group) is 1. The highest BCUT2D eigenvalue weighted by atomic mass is 15.1. The van der Waals surface area contributed by atoms with Gasteiger partial charge >= 0.3 is 0 Å². The molecule has 0 unspecified atom stereocenters. The third-order valence-corrected chi connectivity index (χ3v) is 2.89. The second-order valence-electron chi connectivity index (χ2n) is 4.52. The highest BCUT2D eigenvalue weighted by molar-refractivity contribution is 5.42. The van der Waals surface area contributed by atoms with E-state index in [-0.39, 0.29) is 0 Å². The van der Waals surface area contributed by atoms with Crippen molar-refractivity contribution < 1.29 is 0 Å². The fraction of sp³-hybridized carbons (Fsp3) is 0.250. The van der Waals surface area contributed by atoms with Gasteiger partial charge in [-0.3, -0.25) is 0 Å². The van der Waals surface area contributed by atoms with E-state index in [0.29, 0.717) is 0 Å². The topological polar surface area (TPSA) is 15.3 Å². The molecule has 0 aliphatic carbocycles. The Bertz CT molecular complexity index is 439. The van der Waals surface area contributed by atoms with Gasteiger partial charge in [-0.05, 0) is 24.7 Å². The summed E-state index contributed by atoms with van der Waals surface area (Å²) in [7, 11) is 2.15. The fourth-order valence-corrected chi connectivity index (χ4v) is 1.92. The molecule has 0 aliphatic heterocycles. The molecule has 0 amide bonds. The standard InChI is InChI=1S/C16H20N2/c1-18(14-15-8-4-2-5-9-15)13-12-17-16-10-6-3-7-11-16/h2-11,17H,12-14H2,1H3. The van der Waals surface area contributed by atoms with Gasteiger partial charge in [-0.1, -0.05) is 48.5 Å². The van der Waals surface area contributed by atoms with E-state index in [0.717, 1.165) is 19.6 Å². The molecule has 0 saturated carbocycles. The van der Waals surface area contributed by atoms with Gasteiger partial charge in [-0.15, -0.1) is 0 Å². The van der Waals surface area contributed by atoms with Crippen LogP contribution in [0.15, 0.2) is 60.7 Å². The maximum absolute atomic E-state index is 3.42.